The first-order valence-corrected chi connectivity index (χ1v) is 6.79. The average molecular weight is 264 g/mol. The van der Waals surface area contributed by atoms with Gasteiger partial charge in [-0.2, -0.15) is 0 Å². The van der Waals surface area contributed by atoms with Gasteiger partial charge < -0.3 is 11.1 Å². The Bertz CT molecular complexity index is 467. The fraction of sp³-hybridized carbons (Fsp3) is 0.533. The molecule has 0 unspecified atom stereocenters. The van der Waals surface area contributed by atoms with Crippen molar-refractivity contribution in [3.05, 3.63) is 35.1 Å². The molecule has 0 atom stereocenters. The molecule has 19 heavy (non-hydrogen) atoms. The van der Waals surface area contributed by atoms with Crippen molar-refractivity contribution in [1.82, 2.24) is 5.32 Å². The summed E-state index contributed by atoms with van der Waals surface area (Å²) in [5, 5.41) is 3.32. The monoisotopic (exact) mass is 264 g/mol. The summed E-state index contributed by atoms with van der Waals surface area (Å²) in [6.45, 7) is 3.67. The van der Waals surface area contributed by atoms with Crippen molar-refractivity contribution in [2.75, 3.05) is 6.54 Å². The lowest BCUT2D eigenvalue weighted by atomic mass is 9.89. The van der Waals surface area contributed by atoms with Crippen LogP contribution in [-0.2, 0) is 6.54 Å². The number of benzene rings is 1. The van der Waals surface area contributed by atoms with E-state index in [-0.39, 0.29) is 11.4 Å². The minimum absolute atomic E-state index is 0.212. The SMILES string of the molecule is CC1(CNCc2ccc(C(N)=O)cc2F)CCCC1. The zero-order valence-corrected chi connectivity index (χ0v) is 11.3. The van der Waals surface area contributed by atoms with Gasteiger partial charge >= 0.3 is 0 Å². The van der Waals surface area contributed by atoms with Gasteiger partial charge in [-0.3, -0.25) is 4.79 Å². The number of halogens is 1. The summed E-state index contributed by atoms with van der Waals surface area (Å²) in [6, 6.07) is 4.40. The lowest BCUT2D eigenvalue weighted by Gasteiger charge is -2.23. The highest BCUT2D eigenvalue weighted by Crippen LogP contribution is 2.36. The summed E-state index contributed by atoms with van der Waals surface area (Å²) in [4.78, 5) is 10.9. The quantitative estimate of drug-likeness (QED) is 0.859. The van der Waals surface area contributed by atoms with Crippen LogP contribution in [-0.4, -0.2) is 12.5 Å². The maximum Gasteiger partial charge on any atom is 0.248 e. The zero-order valence-electron chi connectivity index (χ0n) is 11.3. The molecular weight excluding hydrogens is 243 g/mol. The van der Waals surface area contributed by atoms with Crippen LogP contribution in [0.3, 0.4) is 0 Å². The van der Waals surface area contributed by atoms with E-state index >= 15 is 0 Å². The van der Waals surface area contributed by atoms with Gasteiger partial charge in [-0.25, -0.2) is 4.39 Å². The molecule has 1 aromatic rings. The maximum absolute atomic E-state index is 13.8. The molecule has 1 aromatic carbocycles. The first kappa shape index (κ1) is 14.0. The standard InChI is InChI=1S/C15H21FN2O/c1-15(6-2-3-7-15)10-18-9-12-5-4-11(14(17)19)8-13(12)16/h4-5,8,18H,2-3,6-7,9-10H2,1H3,(H2,17,19). The smallest absolute Gasteiger partial charge is 0.248 e. The molecule has 0 aliphatic heterocycles. The Morgan fingerprint density at radius 1 is 1.42 bits per heavy atom. The lowest BCUT2D eigenvalue weighted by Crippen LogP contribution is -2.29. The van der Waals surface area contributed by atoms with Crippen LogP contribution in [0.1, 0.15) is 48.5 Å². The van der Waals surface area contributed by atoms with E-state index in [4.69, 9.17) is 5.73 Å². The highest BCUT2D eigenvalue weighted by Gasteiger charge is 2.27. The van der Waals surface area contributed by atoms with Crippen molar-refractivity contribution in [2.45, 2.75) is 39.2 Å². The summed E-state index contributed by atoms with van der Waals surface area (Å²) >= 11 is 0. The number of rotatable bonds is 5. The number of hydrogen-bond donors (Lipinski definition) is 2. The molecule has 1 aliphatic carbocycles. The molecule has 3 N–H and O–H groups in total. The Morgan fingerprint density at radius 3 is 2.68 bits per heavy atom. The Labute approximate surface area is 113 Å². The third kappa shape index (κ3) is 3.53. The first-order chi connectivity index (χ1) is 9.00. The fourth-order valence-electron chi connectivity index (χ4n) is 2.75. The van der Waals surface area contributed by atoms with Crippen LogP contribution in [0.25, 0.3) is 0 Å². The molecule has 0 saturated heterocycles. The molecule has 0 bridgehead atoms. The number of carbonyl (C=O) groups excluding carboxylic acids is 1. The second-order valence-corrected chi connectivity index (χ2v) is 5.79. The van der Waals surface area contributed by atoms with Crippen molar-refractivity contribution in [3.8, 4) is 0 Å². The van der Waals surface area contributed by atoms with Gasteiger partial charge in [0.2, 0.25) is 5.91 Å². The molecule has 1 aliphatic rings. The third-order valence-corrected chi connectivity index (χ3v) is 4.02. The van der Waals surface area contributed by atoms with Gasteiger partial charge in [-0.1, -0.05) is 25.8 Å². The predicted molar refractivity (Wildman–Crippen MR) is 73.2 cm³/mol. The predicted octanol–water partition coefficient (Wildman–Crippen LogP) is 2.59. The van der Waals surface area contributed by atoms with Gasteiger partial charge in [0.15, 0.2) is 0 Å². The molecule has 104 valence electrons. The first-order valence-electron chi connectivity index (χ1n) is 6.79. The van der Waals surface area contributed by atoms with Crippen LogP contribution in [0, 0.1) is 11.2 Å². The topological polar surface area (TPSA) is 55.1 Å². The van der Waals surface area contributed by atoms with Crippen LogP contribution < -0.4 is 11.1 Å². The number of nitrogens with one attached hydrogen (secondary N) is 1. The maximum atomic E-state index is 13.8. The van der Waals surface area contributed by atoms with Crippen LogP contribution in [0.2, 0.25) is 0 Å². The number of primary amides is 1. The number of nitrogens with two attached hydrogens (primary N) is 1. The Hall–Kier alpha value is -1.42. The van der Waals surface area contributed by atoms with Crippen LogP contribution in [0.4, 0.5) is 4.39 Å². The molecule has 0 radical (unpaired) electrons. The molecule has 0 heterocycles. The summed E-state index contributed by atoms with van der Waals surface area (Å²) in [7, 11) is 0. The molecule has 1 saturated carbocycles. The average Bonchev–Trinajstić information content (AvgIpc) is 2.78. The Balaban J connectivity index is 1.91. The van der Waals surface area contributed by atoms with Gasteiger partial charge in [0.05, 0.1) is 0 Å². The summed E-state index contributed by atoms with van der Waals surface area (Å²) < 4.78 is 13.8. The van der Waals surface area contributed by atoms with E-state index in [1.807, 2.05) is 0 Å². The molecular formula is C15H21FN2O. The fourth-order valence-corrected chi connectivity index (χ4v) is 2.75. The van der Waals surface area contributed by atoms with Crippen molar-refractivity contribution in [2.24, 2.45) is 11.1 Å². The van der Waals surface area contributed by atoms with Crippen LogP contribution in [0.15, 0.2) is 18.2 Å². The van der Waals surface area contributed by atoms with E-state index in [0.717, 1.165) is 6.54 Å². The summed E-state index contributed by atoms with van der Waals surface area (Å²) in [5.41, 5.74) is 6.25. The lowest BCUT2D eigenvalue weighted by molar-refractivity contribution is 0.1000. The second kappa shape index (κ2) is 5.70. The number of amides is 1. The van der Waals surface area contributed by atoms with E-state index < -0.39 is 5.91 Å². The van der Waals surface area contributed by atoms with Gasteiger partial charge in [0, 0.05) is 24.2 Å². The number of hydrogen-bond acceptors (Lipinski definition) is 2. The van der Waals surface area contributed by atoms with Crippen molar-refractivity contribution >= 4 is 5.91 Å². The van der Waals surface area contributed by atoms with Crippen molar-refractivity contribution < 1.29 is 9.18 Å². The molecule has 2 rings (SSSR count). The molecule has 0 aromatic heterocycles. The van der Waals surface area contributed by atoms with Gasteiger partial charge in [0.25, 0.3) is 0 Å². The minimum atomic E-state index is -0.600. The molecule has 1 amide bonds. The minimum Gasteiger partial charge on any atom is -0.366 e. The van der Waals surface area contributed by atoms with E-state index in [9.17, 15) is 9.18 Å². The second-order valence-electron chi connectivity index (χ2n) is 5.79. The van der Waals surface area contributed by atoms with Crippen molar-refractivity contribution in [3.63, 3.8) is 0 Å². The highest BCUT2D eigenvalue weighted by molar-refractivity contribution is 5.92. The molecule has 3 nitrogen and oxygen atoms in total. The Morgan fingerprint density at radius 2 is 2.11 bits per heavy atom. The zero-order chi connectivity index (χ0) is 13.9. The van der Waals surface area contributed by atoms with Gasteiger partial charge in [-0.05, 0) is 30.4 Å². The number of carbonyl (C=O) groups is 1. The molecule has 4 heteroatoms. The Kier molecular flexibility index (Phi) is 4.20. The van der Waals surface area contributed by atoms with E-state index in [0.29, 0.717) is 17.5 Å². The van der Waals surface area contributed by atoms with Crippen LogP contribution in [0.5, 0.6) is 0 Å². The molecule has 0 spiro atoms. The largest absolute Gasteiger partial charge is 0.366 e. The van der Waals surface area contributed by atoms with E-state index in [2.05, 4.69) is 12.2 Å². The normalized spacial score (nSPS) is 17.6. The van der Waals surface area contributed by atoms with Gasteiger partial charge in [-0.15, -0.1) is 0 Å². The van der Waals surface area contributed by atoms with Crippen molar-refractivity contribution in [1.29, 1.82) is 0 Å². The van der Waals surface area contributed by atoms with Crippen LogP contribution >= 0.6 is 0 Å². The summed E-state index contributed by atoms with van der Waals surface area (Å²) in [5.74, 6) is -0.975. The summed E-state index contributed by atoms with van der Waals surface area (Å²) in [6.07, 6.45) is 5.06. The highest BCUT2D eigenvalue weighted by atomic mass is 19.1. The van der Waals surface area contributed by atoms with E-state index in [1.165, 1.54) is 31.7 Å². The third-order valence-electron chi connectivity index (χ3n) is 4.02. The van der Waals surface area contributed by atoms with E-state index in [1.54, 1.807) is 12.1 Å². The van der Waals surface area contributed by atoms with Gasteiger partial charge in [0.1, 0.15) is 5.82 Å². The molecule has 1 fully saturated rings.